The van der Waals surface area contributed by atoms with E-state index in [2.05, 4.69) is 4.90 Å². The Kier molecular flexibility index (Phi) is 5.41. The summed E-state index contributed by atoms with van der Waals surface area (Å²) < 4.78 is 33.6. The molecule has 1 aromatic heterocycles. The Morgan fingerprint density at radius 1 is 0.879 bits per heavy atom. The highest BCUT2D eigenvalue weighted by Crippen LogP contribution is 2.37. The lowest BCUT2D eigenvalue weighted by molar-refractivity contribution is 0.0206. The van der Waals surface area contributed by atoms with Crippen LogP contribution in [0.4, 0.5) is 0 Å². The molecule has 172 valence electrons. The minimum Gasteiger partial charge on any atom is -0.486 e. The summed E-state index contributed by atoms with van der Waals surface area (Å²) in [5, 5.41) is 4.90. The van der Waals surface area contributed by atoms with Crippen LogP contribution in [0, 0.1) is 4.77 Å². The van der Waals surface area contributed by atoms with Crippen LogP contribution in [0.25, 0.3) is 5.69 Å². The molecule has 2 aromatic carbocycles. The number of benzene rings is 2. The Hall–Kier alpha value is -3.08. The van der Waals surface area contributed by atoms with Crippen molar-refractivity contribution in [2.45, 2.75) is 12.8 Å². The molecule has 3 aliphatic heterocycles. The number of morpholine rings is 1. The zero-order chi connectivity index (χ0) is 22.2. The Balaban J connectivity index is 1.41. The molecule has 0 radical (unpaired) electrons. The fourth-order valence-electron chi connectivity index (χ4n) is 4.22. The number of fused-ring (bicyclic) bond motifs is 2. The number of nitrogens with zero attached hydrogens (tertiary/aromatic N) is 4. The third kappa shape index (κ3) is 3.94. The van der Waals surface area contributed by atoms with Crippen LogP contribution in [0.3, 0.4) is 0 Å². The molecule has 10 heteroatoms. The van der Waals surface area contributed by atoms with Crippen molar-refractivity contribution >= 4 is 12.2 Å². The van der Waals surface area contributed by atoms with Crippen molar-refractivity contribution in [2.75, 3.05) is 46.1 Å². The zero-order valence-corrected chi connectivity index (χ0v) is 18.8. The molecule has 3 aliphatic rings. The molecule has 9 nitrogen and oxygen atoms in total. The Labute approximate surface area is 196 Å². The van der Waals surface area contributed by atoms with Gasteiger partial charge in [-0.1, -0.05) is 12.1 Å². The third-order valence-electron chi connectivity index (χ3n) is 5.88. The van der Waals surface area contributed by atoms with Gasteiger partial charge in [0.15, 0.2) is 34.9 Å². The van der Waals surface area contributed by atoms with E-state index in [1.54, 1.807) is 0 Å². The summed E-state index contributed by atoms with van der Waals surface area (Å²) in [5.74, 6) is 3.52. The second kappa shape index (κ2) is 8.69. The molecule has 0 spiro atoms. The average molecular weight is 469 g/mol. The van der Waals surface area contributed by atoms with Crippen molar-refractivity contribution < 1.29 is 23.7 Å². The number of hydrogen-bond donors (Lipinski definition) is 0. The summed E-state index contributed by atoms with van der Waals surface area (Å²) in [5.41, 5.74) is 0.843. The van der Waals surface area contributed by atoms with Crippen molar-refractivity contribution in [3.05, 3.63) is 53.1 Å². The highest BCUT2D eigenvalue weighted by atomic mass is 32.1. The molecule has 0 bridgehead atoms. The number of para-hydroxylation sites is 2. The molecule has 6 rings (SSSR count). The first-order valence-electron chi connectivity index (χ1n) is 11.0. The normalized spacial score (nSPS) is 19.9. The smallest absolute Gasteiger partial charge is 0.203 e. The fraction of sp³-hybridized carbons (Fsp3) is 0.391. The lowest BCUT2D eigenvalue weighted by Crippen LogP contribution is -2.37. The van der Waals surface area contributed by atoms with Gasteiger partial charge in [-0.15, -0.1) is 0 Å². The van der Waals surface area contributed by atoms with Crippen LogP contribution in [-0.4, -0.2) is 65.4 Å². The summed E-state index contributed by atoms with van der Waals surface area (Å²) in [7, 11) is 0. The highest BCUT2D eigenvalue weighted by molar-refractivity contribution is 7.71. The number of ether oxygens (including phenoxy) is 5. The van der Waals surface area contributed by atoms with Crippen LogP contribution in [0.15, 0.2) is 42.5 Å². The summed E-state index contributed by atoms with van der Waals surface area (Å²) in [6, 6.07) is 13.5. The van der Waals surface area contributed by atoms with Crippen molar-refractivity contribution in [1.29, 1.82) is 0 Å². The third-order valence-corrected chi connectivity index (χ3v) is 6.28. The maximum Gasteiger partial charge on any atom is 0.203 e. The molecular formula is C23H24N4O5S. The van der Waals surface area contributed by atoms with Gasteiger partial charge in [-0.05, 0) is 36.5 Å². The second-order valence-corrected chi connectivity index (χ2v) is 8.40. The van der Waals surface area contributed by atoms with Crippen LogP contribution in [0.5, 0.6) is 23.0 Å². The van der Waals surface area contributed by atoms with Crippen LogP contribution >= 0.6 is 12.2 Å². The minimum absolute atomic E-state index is 0.338. The van der Waals surface area contributed by atoms with Gasteiger partial charge in [-0.2, -0.15) is 5.10 Å². The fourth-order valence-corrected chi connectivity index (χ4v) is 4.52. The molecule has 33 heavy (non-hydrogen) atoms. The first kappa shape index (κ1) is 20.5. The van der Waals surface area contributed by atoms with Gasteiger partial charge in [0.05, 0.1) is 25.6 Å². The molecule has 0 saturated carbocycles. The number of aromatic nitrogens is 3. The summed E-state index contributed by atoms with van der Waals surface area (Å²) in [4.78, 5) is 2.28. The molecule has 0 N–H and O–H groups in total. The maximum absolute atomic E-state index is 6.29. The minimum atomic E-state index is -0.416. The van der Waals surface area contributed by atoms with E-state index >= 15 is 0 Å². The van der Waals surface area contributed by atoms with Gasteiger partial charge in [-0.25, -0.2) is 4.68 Å². The average Bonchev–Trinajstić information content (AvgIpc) is 3.19. The van der Waals surface area contributed by atoms with E-state index in [4.69, 9.17) is 41.0 Å². The first-order chi connectivity index (χ1) is 16.3. The summed E-state index contributed by atoms with van der Waals surface area (Å²) >= 11 is 5.90. The molecular weight excluding hydrogens is 444 g/mol. The van der Waals surface area contributed by atoms with E-state index in [-0.39, 0.29) is 0 Å². The largest absolute Gasteiger partial charge is 0.486 e. The van der Waals surface area contributed by atoms with Crippen LogP contribution in [-0.2, 0) is 11.4 Å². The van der Waals surface area contributed by atoms with E-state index in [9.17, 15) is 0 Å². The van der Waals surface area contributed by atoms with E-state index in [1.807, 2.05) is 51.7 Å². The van der Waals surface area contributed by atoms with Gasteiger partial charge >= 0.3 is 0 Å². The molecule has 1 fully saturated rings. The van der Waals surface area contributed by atoms with Gasteiger partial charge in [0, 0.05) is 19.2 Å². The van der Waals surface area contributed by atoms with E-state index in [1.165, 1.54) is 0 Å². The Morgan fingerprint density at radius 3 is 2.48 bits per heavy atom. The first-order valence-corrected chi connectivity index (χ1v) is 11.5. The van der Waals surface area contributed by atoms with Gasteiger partial charge in [0.2, 0.25) is 4.77 Å². The standard InChI is InChI=1S/C23H24N4O5S/c33-23-26(15-25-7-9-28-10-8-25)24-22(21-14-31-17-3-1-2-4-19(17)32-21)27(23)16-5-6-18-20(13-16)30-12-11-29-18/h1-6,13,21H,7-12,14-15H2. The van der Waals surface area contributed by atoms with Gasteiger partial charge < -0.3 is 23.7 Å². The SMILES string of the molecule is S=c1n(CN2CCOCC2)nc(C2COc3ccccc3O2)n1-c1ccc2c(c1)OCCO2. The predicted molar refractivity (Wildman–Crippen MR) is 121 cm³/mol. The molecule has 1 saturated heterocycles. The summed E-state index contributed by atoms with van der Waals surface area (Å²) in [6.07, 6.45) is -0.416. The van der Waals surface area contributed by atoms with Crippen molar-refractivity contribution in [2.24, 2.45) is 0 Å². The van der Waals surface area contributed by atoms with Gasteiger partial charge in [0.25, 0.3) is 0 Å². The van der Waals surface area contributed by atoms with E-state index in [0.29, 0.717) is 61.8 Å². The monoisotopic (exact) mass is 468 g/mol. The zero-order valence-electron chi connectivity index (χ0n) is 18.0. The van der Waals surface area contributed by atoms with Crippen molar-refractivity contribution in [3.8, 4) is 28.7 Å². The van der Waals surface area contributed by atoms with Crippen LogP contribution < -0.4 is 18.9 Å². The van der Waals surface area contributed by atoms with Crippen LogP contribution in [0.1, 0.15) is 11.9 Å². The van der Waals surface area contributed by atoms with E-state index in [0.717, 1.165) is 30.3 Å². The van der Waals surface area contributed by atoms with Crippen molar-refractivity contribution in [3.63, 3.8) is 0 Å². The number of hydrogen-bond acceptors (Lipinski definition) is 8. The molecule has 0 amide bonds. The van der Waals surface area contributed by atoms with Gasteiger partial charge in [-0.3, -0.25) is 9.47 Å². The Morgan fingerprint density at radius 2 is 1.64 bits per heavy atom. The van der Waals surface area contributed by atoms with Crippen molar-refractivity contribution in [1.82, 2.24) is 19.2 Å². The lowest BCUT2D eigenvalue weighted by atomic mass is 10.2. The molecule has 1 unspecified atom stereocenters. The predicted octanol–water partition coefficient (Wildman–Crippen LogP) is 2.98. The Bertz CT molecular complexity index is 1220. The molecule has 4 heterocycles. The molecule has 0 aliphatic carbocycles. The van der Waals surface area contributed by atoms with Gasteiger partial charge in [0.1, 0.15) is 19.8 Å². The molecule has 1 atom stereocenters. The van der Waals surface area contributed by atoms with Crippen LogP contribution in [0.2, 0.25) is 0 Å². The second-order valence-electron chi connectivity index (χ2n) is 8.04. The lowest BCUT2D eigenvalue weighted by Gasteiger charge is -2.26. The quantitative estimate of drug-likeness (QED) is 0.542. The highest BCUT2D eigenvalue weighted by Gasteiger charge is 2.30. The summed E-state index contributed by atoms with van der Waals surface area (Å²) in [6.45, 7) is 5.07. The number of rotatable bonds is 4. The maximum atomic E-state index is 6.29. The topological polar surface area (TPSA) is 72.1 Å². The van der Waals surface area contributed by atoms with E-state index < -0.39 is 6.10 Å². The molecule has 3 aromatic rings.